The molecular formula is C4H5N2NaO. The van der Waals surface area contributed by atoms with Crippen LogP contribution in [0.4, 0.5) is 0 Å². The number of nitrogens with zero attached hydrogens (tertiary/aromatic N) is 1. The zero-order valence-corrected chi connectivity index (χ0v) is 6.59. The van der Waals surface area contributed by atoms with Gasteiger partial charge in [-0.15, -0.1) is 0 Å². The summed E-state index contributed by atoms with van der Waals surface area (Å²) in [7, 11) is 0. The van der Waals surface area contributed by atoms with Gasteiger partial charge in [0.2, 0.25) is 0 Å². The summed E-state index contributed by atoms with van der Waals surface area (Å²) in [5.74, 6) is 0. The van der Waals surface area contributed by atoms with E-state index in [1.54, 1.807) is 0 Å². The van der Waals surface area contributed by atoms with E-state index in [1.807, 2.05) is 0 Å². The molecule has 1 rings (SSSR count). The van der Waals surface area contributed by atoms with Gasteiger partial charge in [-0.25, -0.2) is 0 Å². The average Bonchev–Trinajstić information content (AvgIpc) is 1.69. The third kappa shape index (κ3) is 2.26. The molecule has 0 spiro atoms. The molecule has 3 nitrogen and oxygen atoms in total. The average molecular weight is 120 g/mol. The standard InChI is InChI=1S/C4H4N2O.Na.H/c7-4-3-5-1-2-6-4;;/h1-3H,(H,6,7);;/q;+1;-1. The topological polar surface area (TPSA) is 45.8 Å². The van der Waals surface area contributed by atoms with Gasteiger partial charge in [-0.2, -0.15) is 0 Å². The maximum atomic E-state index is 10.2. The van der Waals surface area contributed by atoms with Crippen LogP contribution in [-0.2, 0) is 0 Å². The van der Waals surface area contributed by atoms with E-state index in [-0.39, 0.29) is 36.5 Å². The molecule has 8 heavy (non-hydrogen) atoms. The molecule has 0 fully saturated rings. The molecule has 0 unspecified atom stereocenters. The Bertz CT molecular complexity index is 184. The number of nitrogens with one attached hydrogen (secondary N) is 1. The van der Waals surface area contributed by atoms with Crippen molar-refractivity contribution < 1.29 is 31.0 Å². The Kier molecular flexibility index (Phi) is 3.77. The van der Waals surface area contributed by atoms with Gasteiger partial charge in [0.05, 0.1) is 6.20 Å². The molecule has 0 amide bonds. The number of hydrogen-bond acceptors (Lipinski definition) is 2. The van der Waals surface area contributed by atoms with Crippen LogP contribution in [-0.4, -0.2) is 9.97 Å². The normalized spacial score (nSPS) is 7.50. The summed E-state index contributed by atoms with van der Waals surface area (Å²) in [4.78, 5) is 16.1. The summed E-state index contributed by atoms with van der Waals surface area (Å²) in [6.45, 7) is 0. The van der Waals surface area contributed by atoms with Crippen LogP contribution in [0.2, 0.25) is 0 Å². The zero-order valence-electron chi connectivity index (χ0n) is 5.59. The van der Waals surface area contributed by atoms with Crippen molar-refractivity contribution in [3.63, 3.8) is 0 Å². The van der Waals surface area contributed by atoms with Crippen LogP contribution >= 0.6 is 0 Å². The predicted octanol–water partition coefficient (Wildman–Crippen LogP) is -3.11. The summed E-state index contributed by atoms with van der Waals surface area (Å²) < 4.78 is 0. The first-order valence-electron chi connectivity index (χ1n) is 1.88. The van der Waals surface area contributed by atoms with Gasteiger partial charge in [-0.3, -0.25) is 9.78 Å². The van der Waals surface area contributed by atoms with Crippen LogP contribution in [0.1, 0.15) is 1.43 Å². The molecule has 1 N–H and O–H groups in total. The minimum Gasteiger partial charge on any atom is -1.00 e. The summed E-state index contributed by atoms with van der Waals surface area (Å²) in [6, 6.07) is 0. The second kappa shape index (κ2) is 3.83. The van der Waals surface area contributed by atoms with Gasteiger partial charge in [-0.05, 0) is 0 Å². The second-order valence-electron chi connectivity index (χ2n) is 1.10. The van der Waals surface area contributed by atoms with E-state index in [4.69, 9.17) is 0 Å². The first-order chi connectivity index (χ1) is 3.39. The first kappa shape index (κ1) is 7.88. The van der Waals surface area contributed by atoms with Gasteiger partial charge >= 0.3 is 29.6 Å². The summed E-state index contributed by atoms with van der Waals surface area (Å²) in [6.07, 6.45) is 4.23. The number of rotatable bonds is 0. The monoisotopic (exact) mass is 120 g/mol. The van der Waals surface area contributed by atoms with Gasteiger partial charge in [0.15, 0.2) is 0 Å². The van der Waals surface area contributed by atoms with Crippen molar-refractivity contribution in [1.82, 2.24) is 9.97 Å². The minimum absolute atomic E-state index is 0. The third-order valence-electron chi connectivity index (χ3n) is 0.578. The molecular weight excluding hydrogens is 115 g/mol. The van der Waals surface area contributed by atoms with Gasteiger partial charge in [0.25, 0.3) is 5.56 Å². The van der Waals surface area contributed by atoms with Gasteiger partial charge in [0, 0.05) is 12.4 Å². The molecule has 0 aromatic carbocycles. The van der Waals surface area contributed by atoms with Crippen LogP contribution in [0.5, 0.6) is 0 Å². The van der Waals surface area contributed by atoms with Gasteiger partial charge in [-0.1, -0.05) is 0 Å². The van der Waals surface area contributed by atoms with Crippen molar-refractivity contribution in [3.8, 4) is 0 Å². The van der Waals surface area contributed by atoms with E-state index in [9.17, 15) is 4.79 Å². The fraction of sp³-hybridized carbons (Fsp3) is 0. The van der Waals surface area contributed by atoms with Crippen molar-refractivity contribution in [1.29, 1.82) is 0 Å². The van der Waals surface area contributed by atoms with E-state index in [1.165, 1.54) is 18.6 Å². The van der Waals surface area contributed by atoms with Crippen LogP contribution in [0.3, 0.4) is 0 Å². The zero-order chi connectivity index (χ0) is 5.11. The number of H-pyrrole nitrogens is 1. The van der Waals surface area contributed by atoms with Crippen LogP contribution < -0.4 is 35.1 Å². The Morgan fingerprint density at radius 2 is 2.50 bits per heavy atom. The fourth-order valence-corrected chi connectivity index (χ4v) is 0.310. The van der Waals surface area contributed by atoms with E-state index >= 15 is 0 Å². The van der Waals surface area contributed by atoms with E-state index in [0.717, 1.165) is 0 Å². The summed E-state index contributed by atoms with van der Waals surface area (Å²) in [5.41, 5.74) is -0.164. The van der Waals surface area contributed by atoms with Crippen molar-refractivity contribution in [2.75, 3.05) is 0 Å². The molecule has 1 heterocycles. The second-order valence-corrected chi connectivity index (χ2v) is 1.10. The molecule has 0 atom stereocenters. The quantitative estimate of drug-likeness (QED) is 0.368. The molecule has 4 heteroatoms. The van der Waals surface area contributed by atoms with E-state index < -0.39 is 0 Å². The molecule has 1 aromatic heterocycles. The third-order valence-corrected chi connectivity index (χ3v) is 0.578. The SMILES string of the molecule is O=c1cncc[nH]1.[H-].[Na+]. The van der Waals surface area contributed by atoms with Crippen LogP contribution in [0, 0.1) is 0 Å². The van der Waals surface area contributed by atoms with Crippen molar-refractivity contribution in [2.45, 2.75) is 0 Å². The smallest absolute Gasteiger partial charge is 1.00 e. The van der Waals surface area contributed by atoms with Gasteiger partial charge in [0.1, 0.15) is 0 Å². The minimum atomic E-state index is -0.164. The molecule has 1 aromatic rings. The maximum absolute atomic E-state index is 10.2. The Balaban J connectivity index is 0. The fourth-order valence-electron chi connectivity index (χ4n) is 0.310. The summed E-state index contributed by atoms with van der Waals surface area (Å²) in [5, 5.41) is 0. The largest absolute Gasteiger partial charge is 1.00 e. The molecule has 0 aliphatic rings. The van der Waals surface area contributed by atoms with E-state index in [0.29, 0.717) is 0 Å². The Labute approximate surface area is 69.9 Å². The molecule has 0 radical (unpaired) electrons. The van der Waals surface area contributed by atoms with Crippen LogP contribution in [0.15, 0.2) is 23.4 Å². The molecule has 0 saturated heterocycles. The Morgan fingerprint density at radius 3 is 2.75 bits per heavy atom. The molecule has 0 saturated carbocycles. The van der Waals surface area contributed by atoms with Crippen molar-refractivity contribution in [2.24, 2.45) is 0 Å². The van der Waals surface area contributed by atoms with Gasteiger partial charge < -0.3 is 6.41 Å². The molecule has 38 valence electrons. The maximum Gasteiger partial charge on any atom is 1.00 e. The molecule has 0 bridgehead atoms. The van der Waals surface area contributed by atoms with Crippen LogP contribution in [0.25, 0.3) is 0 Å². The van der Waals surface area contributed by atoms with E-state index in [2.05, 4.69) is 9.97 Å². The number of aromatic amines is 1. The molecule has 0 aliphatic carbocycles. The number of hydrogen-bond donors (Lipinski definition) is 1. The summed E-state index contributed by atoms with van der Waals surface area (Å²) >= 11 is 0. The molecule has 0 aliphatic heterocycles. The first-order valence-corrected chi connectivity index (χ1v) is 1.88. The Hall–Kier alpha value is -0.120. The number of aromatic nitrogens is 2. The van der Waals surface area contributed by atoms with Crippen molar-refractivity contribution in [3.05, 3.63) is 28.9 Å². The van der Waals surface area contributed by atoms with Crippen molar-refractivity contribution >= 4 is 0 Å². The predicted molar refractivity (Wildman–Crippen MR) is 26.0 cm³/mol. The Morgan fingerprint density at radius 1 is 1.75 bits per heavy atom.